The third kappa shape index (κ3) is 5.93. The minimum absolute atomic E-state index is 0.0364. The van der Waals surface area contributed by atoms with Crippen molar-refractivity contribution in [3.05, 3.63) is 41.0 Å². The van der Waals surface area contributed by atoms with Crippen molar-refractivity contribution in [2.24, 2.45) is 0 Å². The molecular weight excluding hydrogens is 510 g/mol. The van der Waals surface area contributed by atoms with Crippen molar-refractivity contribution >= 4 is 29.8 Å². The van der Waals surface area contributed by atoms with Gasteiger partial charge in [0.1, 0.15) is 0 Å². The summed E-state index contributed by atoms with van der Waals surface area (Å²) in [6.45, 7) is 4.88. The van der Waals surface area contributed by atoms with Crippen molar-refractivity contribution in [2.75, 3.05) is 53.4 Å². The highest BCUT2D eigenvalue weighted by Crippen LogP contribution is 2.37. The standard InChI is InChI=1S/C30H41N5O5/c1-20(36)33-12-14-34(15-13-33)30(39)40-16-6-11-35-23-9-10-24(35)19-22(18-23)31-29(38)26-17-21-7-4-5-8-25(21)27(28(26)37)32(2)3/h4-5,7-8,17,22-24,27H,6,9-16,18-19H2,1-3H3,(H,31,38). The number of ketones is 1. The Labute approximate surface area is 236 Å². The maximum absolute atomic E-state index is 13.3. The van der Waals surface area contributed by atoms with Crippen LogP contribution in [0.1, 0.15) is 56.2 Å². The molecule has 2 bridgehead atoms. The number of piperazine rings is 1. The maximum Gasteiger partial charge on any atom is 0.409 e. The van der Waals surface area contributed by atoms with Gasteiger partial charge in [-0.1, -0.05) is 24.3 Å². The van der Waals surface area contributed by atoms with E-state index in [-0.39, 0.29) is 35.3 Å². The van der Waals surface area contributed by atoms with Gasteiger partial charge < -0.3 is 19.9 Å². The highest BCUT2D eigenvalue weighted by Gasteiger charge is 2.42. The van der Waals surface area contributed by atoms with Crippen molar-refractivity contribution in [1.29, 1.82) is 0 Å². The summed E-state index contributed by atoms with van der Waals surface area (Å²) < 4.78 is 5.52. The number of nitrogens with one attached hydrogen (secondary N) is 1. The van der Waals surface area contributed by atoms with E-state index in [0.717, 1.165) is 49.8 Å². The summed E-state index contributed by atoms with van der Waals surface area (Å²) in [6.07, 6.45) is 6.09. The minimum Gasteiger partial charge on any atom is -0.449 e. The molecule has 3 aliphatic heterocycles. The second-order valence-corrected chi connectivity index (χ2v) is 11.6. The van der Waals surface area contributed by atoms with Gasteiger partial charge in [0.15, 0.2) is 5.78 Å². The lowest BCUT2D eigenvalue weighted by Crippen LogP contribution is -2.51. The number of Topliss-reactive ketones (excluding diaryl/α,β-unsaturated/α-hetero) is 1. The van der Waals surface area contributed by atoms with Crippen LogP contribution in [-0.2, 0) is 19.1 Å². The van der Waals surface area contributed by atoms with E-state index >= 15 is 0 Å². The van der Waals surface area contributed by atoms with Crippen LogP contribution in [0.25, 0.3) is 6.08 Å². The van der Waals surface area contributed by atoms with E-state index in [4.69, 9.17) is 4.74 Å². The SMILES string of the molecule is CC(=O)N1CCN(C(=O)OCCCN2C3CCC2CC(NC(=O)C2=Cc4ccccc4C(N(C)C)C2=O)C3)CC1. The van der Waals surface area contributed by atoms with E-state index in [1.54, 1.807) is 22.8 Å². The molecule has 1 aromatic carbocycles. The van der Waals surface area contributed by atoms with Crippen molar-refractivity contribution in [1.82, 2.24) is 24.9 Å². The molecule has 1 aliphatic carbocycles. The topological polar surface area (TPSA) is 102 Å². The molecule has 10 nitrogen and oxygen atoms in total. The summed E-state index contributed by atoms with van der Waals surface area (Å²) in [6, 6.07) is 8.10. The van der Waals surface area contributed by atoms with Crippen LogP contribution in [0.2, 0.25) is 0 Å². The zero-order valence-electron chi connectivity index (χ0n) is 23.8. The number of rotatable bonds is 7. The Morgan fingerprint density at radius 2 is 1.65 bits per heavy atom. The predicted octanol–water partition coefficient (Wildman–Crippen LogP) is 2.06. The van der Waals surface area contributed by atoms with Gasteiger partial charge in [-0.15, -0.1) is 0 Å². The molecule has 216 valence electrons. The van der Waals surface area contributed by atoms with Gasteiger partial charge in [-0.05, 0) is 63.4 Å². The average Bonchev–Trinajstić information content (AvgIpc) is 3.17. The van der Waals surface area contributed by atoms with E-state index in [0.29, 0.717) is 44.9 Å². The van der Waals surface area contributed by atoms with Gasteiger partial charge >= 0.3 is 6.09 Å². The average molecular weight is 552 g/mol. The summed E-state index contributed by atoms with van der Waals surface area (Å²) in [7, 11) is 3.73. The molecule has 0 aromatic heterocycles. The van der Waals surface area contributed by atoms with E-state index in [1.807, 2.05) is 43.3 Å². The monoisotopic (exact) mass is 551 g/mol. The van der Waals surface area contributed by atoms with Gasteiger partial charge in [0.2, 0.25) is 5.91 Å². The fourth-order valence-corrected chi connectivity index (χ4v) is 6.82. The van der Waals surface area contributed by atoms with Crippen LogP contribution in [0.15, 0.2) is 29.8 Å². The molecule has 3 atom stereocenters. The van der Waals surface area contributed by atoms with Crippen molar-refractivity contribution in [2.45, 2.75) is 63.2 Å². The lowest BCUT2D eigenvalue weighted by Gasteiger charge is -2.39. The van der Waals surface area contributed by atoms with Gasteiger partial charge in [-0.2, -0.15) is 0 Å². The summed E-state index contributed by atoms with van der Waals surface area (Å²) in [5, 5.41) is 3.19. The van der Waals surface area contributed by atoms with E-state index in [9.17, 15) is 19.2 Å². The van der Waals surface area contributed by atoms with Crippen LogP contribution in [0.3, 0.4) is 0 Å². The molecule has 4 aliphatic rings. The Hall–Kier alpha value is -3.24. The Balaban J connectivity index is 1.09. The Morgan fingerprint density at radius 1 is 1.00 bits per heavy atom. The lowest BCUT2D eigenvalue weighted by atomic mass is 9.85. The fraction of sp³-hybridized carbons (Fsp3) is 0.600. The summed E-state index contributed by atoms with van der Waals surface area (Å²) in [5.41, 5.74) is 2.08. The zero-order valence-corrected chi connectivity index (χ0v) is 23.8. The molecule has 3 fully saturated rings. The Kier molecular flexibility index (Phi) is 8.56. The summed E-state index contributed by atoms with van der Waals surface area (Å²) in [5.74, 6) is -0.397. The molecule has 40 heavy (non-hydrogen) atoms. The van der Waals surface area contributed by atoms with Crippen LogP contribution in [0, 0.1) is 0 Å². The largest absolute Gasteiger partial charge is 0.449 e. The first-order valence-electron chi connectivity index (χ1n) is 14.5. The molecule has 5 rings (SSSR count). The molecule has 3 saturated heterocycles. The van der Waals surface area contributed by atoms with Gasteiger partial charge in [-0.3, -0.25) is 24.2 Å². The fourth-order valence-electron chi connectivity index (χ4n) is 6.82. The van der Waals surface area contributed by atoms with Gasteiger partial charge in [0.25, 0.3) is 5.91 Å². The molecule has 1 aromatic rings. The van der Waals surface area contributed by atoms with Crippen LogP contribution in [0.5, 0.6) is 0 Å². The summed E-state index contributed by atoms with van der Waals surface area (Å²) in [4.78, 5) is 58.3. The number of hydrogen-bond acceptors (Lipinski definition) is 7. The number of likely N-dealkylation sites (N-methyl/N-ethyl adjacent to an activating group) is 1. The number of hydrogen-bond donors (Lipinski definition) is 1. The number of nitrogens with zero attached hydrogens (tertiary/aromatic N) is 4. The Bertz CT molecular complexity index is 1160. The first-order valence-corrected chi connectivity index (χ1v) is 14.5. The number of benzene rings is 1. The molecule has 0 spiro atoms. The van der Waals surface area contributed by atoms with Crippen LogP contribution < -0.4 is 5.32 Å². The van der Waals surface area contributed by atoms with Crippen LogP contribution in [0.4, 0.5) is 4.79 Å². The molecule has 3 unspecified atom stereocenters. The minimum atomic E-state index is -0.459. The Morgan fingerprint density at radius 3 is 2.30 bits per heavy atom. The molecule has 3 heterocycles. The molecule has 0 saturated carbocycles. The third-order valence-electron chi connectivity index (χ3n) is 8.85. The smallest absolute Gasteiger partial charge is 0.409 e. The van der Waals surface area contributed by atoms with Crippen molar-refractivity contribution in [3.63, 3.8) is 0 Å². The highest BCUT2D eigenvalue weighted by molar-refractivity contribution is 6.25. The molecule has 10 heteroatoms. The first-order chi connectivity index (χ1) is 19.2. The molecule has 0 radical (unpaired) electrons. The third-order valence-corrected chi connectivity index (χ3v) is 8.85. The number of piperidine rings is 1. The normalized spacial score (nSPS) is 26.4. The van der Waals surface area contributed by atoms with E-state index in [1.165, 1.54) is 0 Å². The van der Waals surface area contributed by atoms with E-state index < -0.39 is 6.04 Å². The summed E-state index contributed by atoms with van der Waals surface area (Å²) >= 11 is 0. The molecule has 1 N–H and O–H groups in total. The number of carbonyl (C=O) groups is 4. The quantitative estimate of drug-likeness (QED) is 0.409. The van der Waals surface area contributed by atoms with Crippen LogP contribution >= 0.6 is 0 Å². The second kappa shape index (κ2) is 12.1. The lowest BCUT2D eigenvalue weighted by molar-refractivity contribution is -0.130. The number of carbonyl (C=O) groups excluding carboxylic acids is 4. The predicted molar refractivity (Wildman–Crippen MR) is 150 cm³/mol. The number of ether oxygens (including phenoxy) is 1. The second-order valence-electron chi connectivity index (χ2n) is 11.6. The van der Waals surface area contributed by atoms with Gasteiger partial charge in [0.05, 0.1) is 18.2 Å². The van der Waals surface area contributed by atoms with E-state index in [2.05, 4.69) is 10.2 Å². The zero-order chi connectivity index (χ0) is 28.4. The van der Waals surface area contributed by atoms with Crippen LogP contribution in [-0.4, -0.2) is 115 Å². The van der Waals surface area contributed by atoms with Gasteiger partial charge in [-0.25, -0.2) is 4.79 Å². The maximum atomic E-state index is 13.3. The highest BCUT2D eigenvalue weighted by atomic mass is 16.6. The van der Waals surface area contributed by atoms with Gasteiger partial charge in [0, 0.05) is 57.8 Å². The first kappa shape index (κ1) is 28.3. The van der Waals surface area contributed by atoms with Crippen molar-refractivity contribution < 1.29 is 23.9 Å². The number of amides is 3. The molecular formula is C30H41N5O5. The molecule has 3 amide bonds. The number of fused-ring (bicyclic) bond motifs is 3. The van der Waals surface area contributed by atoms with Crippen molar-refractivity contribution in [3.8, 4) is 0 Å².